The third-order valence-electron chi connectivity index (χ3n) is 2.35. The molecule has 106 valence electrons. The van der Waals surface area contributed by atoms with Crippen LogP contribution < -0.4 is 56.6 Å². The van der Waals surface area contributed by atoms with Crippen molar-refractivity contribution in [2.45, 2.75) is 71.1 Å². The molecule has 0 aliphatic heterocycles. The first-order valence-corrected chi connectivity index (χ1v) is 7.71. The number of hydrogen-bond donors (Lipinski definition) is 0. The van der Waals surface area contributed by atoms with Crippen molar-refractivity contribution >= 4 is 10.4 Å². The zero-order chi connectivity index (χ0) is 13.6. The maximum Gasteiger partial charge on any atom is 1.00 e. The van der Waals surface area contributed by atoms with E-state index in [1.807, 2.05) is 0 Å². The molecule has 0 amide bonds. The predicted molar refractivity (Wildman–Crippen MR) is 67.7 cm³/mol. The summed E-state index contributed by atoms with van der Waals surface area (Å²) in [4.78, 5) is 0. The first kappa shape index (κ1) is 33.3. The third-order valence-corrected chi connectivity index (χ3v) is 2.35. The standard InChI is InChI=1S/C12H25.3Li.H2O4S/c1-3-5-7-9-11-12-10-8-6-4-2;;;;1-5(2,3)4/h1,3-12H2,2H3;;;;(H2,1,2,3,4)/q-1;3*+1;/p-2. The van der Waals surface area contributed by atoms with Gasteiger partial charge >= 0.3 is 56.6 Å². The van der Waals surface area contributed by atoms with Gasteiger partial charge in [0.2, 0.25) is 0 Å². The van der Waals surface area contributed by atoms with Crippen LogP contribution in [0, 0.1) is 6.92 Å². The van der Waals surface area contributed by atoms with Crippen molar-refractivity contribution in [2.75, 3.05) is 0 Å². The molecule has 0 heterocycles. The van der Waals surface area contributed by atoms with E-state index in [1.165, 1.54) is 57.8 Å². The fourth-order valence-electron chi connectivity index (χ4n) is 1.49. The van der Waals surface area contributed by atoms with E-state index in [2.05, 4.69) is 13.8 Å². The maximum atomic E-state index is 8.52. The Morgan fingerprint density at radius 1 is 0.750 bits per heavy atom. The van der Waals surface area contributed by atoms with E-state index in [1.54, 1.807) is 0 Å². The van der Waals surface area contributed by atoms with Gasteiger partial charge in [-0.3, -0.25) is 8.42 Å². The summed E-state index contributed by atoms with van der Waals surface area (Å²) in [6.07, 6.45) is 13.9. The molecule has 0 aliphatic carbocycles. The minimum atomic E-state index is -5.17. The Hall–Kier alpha value is 1.66. The Kier molecular flexibility index (Phi) is 42.6. The fraction of sp³-hybridized carbons (Fsp3) is 0.917. The van der Waals surface area contributed by atoms with Crippen LogP contribution in [0.25, 0.3) is 0 Å². The van der Waals surface area contributed by atoms with Gasteiger partial charge < -0.3 is 16.0 Å². The smallest absolute Gasteiger partial charge is 0.759 e. The topological polar surface area (TPSA) is 80.3 Å². The summed E-state index contributed by atoms with van der Waals surface area (Å²) in [5.74, 6) is 0. The number of rotatable bonds is 9. The van der Waals surface area contributed by atoms with Crippen LogP contribution in [0.1, 0.15) is 71.1 Å². The number of unbranched alkanes of at least 4 members (excludes halogenated alkanes) is 9. The zero-order valence-corrected chi connectivity index (χ0v) is 14.6. The summed E-state index contributed by atoms with van der Waals surface area (Å²) in [5.41, 5.74) is 0. The molecule has 0 saturated carbocycles. The van der Waals surface area contributed by atoms with E-state index in [4.69, 9.17) is 17.5 Å². The molecule has 0 aromatic carbocycles. The first-order valence-electron chi connectivity index (χ1n) is 6.37. The van der Waals surface area contributed by atoms with Crippen LogP contribution in [0.4, 0.5) is 0 Å². The van der Waals surface area contributed by atoms with Crippen molar-refractivity contribution in [3.63, 3.8) is 0 Å². The normalized spacial score (nSPS) is 9.20. The van der Waals surface area contributed by atoms with E-state index in [0.717, 1.165) is 6.42 Å². The molecule has 0 rings (SSSR count). The molecule has 0 bridgehead atoms. The van der Waals surface area contributed by atoms with E-state index >= 15 is 0 Å². The Labute approximate surface area is 161 Å². The van der Waals surface area contributed by atoms with Crippen LogP contribution in [-0.4, -0.2) is 17.5 Å². The zero-order valence-electron chi connectivity index (χ0n) is 13.8. The summed E-state index contributed by atoms with van der Waals surface area (Å²) in [5, 5.41) is 0. The van der Waals surface area contributed by atoms with Crippen molar-refractivity contribution in [3.8, 4) is 0 Å². The molecular weight excluding hydrogens is 261 g/mol. The van der Waals surface area contributed by atoms with Crippen LogP contribution in [0.3, 0.4) is 0 Å². The molecule has 0 aromatic heterocycles. The average molecular weight is 286 g/mol. The first-order chi connectivity index (χ1) is 7.91. The molecule has 0 fully saturated rings. The Balaban J connectivity index is -0.0000000821. The van der Waals surface area contributed by atoms with Crippen LogP contribution in [0.5, 0.6) is 0 Å². The largest absolute Gasteiger partial charge is 1.00 e. The average Bonchev–Trinajstić information content (AvgIpc) is 2.20. The van der Waals surface area contributed by atoms with Gasteiger partial charge in [0.1, 0.15) is 0 Å². The fourth-order valence-corrected chi connectivity index (χ4v) is 1.49. The summed E-state index contributed by atoms with van der Waals surface area (Å²) in [6, 6.07) is 0. The van der Waals surface area contributed by atoms with Gasteiger partial charge in [0.15, 0.2) is 0 Å². The van der Waals surface area contributed by atoms with Crippen LogP contribution in [-0.2, 0) is 10.4 Å². The van der Waals surface area contributed by atoms with Gasteiger partial charge in [-0.05, 0) is 0 Å². The van der Waals surface area contributed by atoms with Crippen LogP contribution >= 0.6 is 0 Å². The van der Waals surface area contributed by atoms with E-state index in [-0.39, 0.29) is 56.6 Å². The molecule has 8 heteroatoms. The summed E-state index contributed by atoms with van der Waals surface area (Å²) >= 11 is 0. The van der Waals surface area contributed by atoms with Gasteiger partial charge in [-0.1, -0.05) is 64.7 Å². The van der Waals surface area contributed by atoms with Gasteiger partial charge in [-0.2, -0.15) is 6.42 Å². The molecule has 0 N–H and O–H groups in total. The van der Waals surface area contributed by atoms with Crippen molar-refractivity contribution in [3.05, 3.63) is 6.92 Å². The second kappa shape index (κ2) is 25.6. The van der Waals surface area contributed by atoms with Crippen LogP contribution in [0.2, 0.25) is 0 Å². The minimum absolute atomic E-state index is 0. The second-order valence-corrected chi connectivity index (χ2v) is 4.91. The van der Waals surface area contributed by atoms with Gasteiger partial charge in [-0.15, -0.1) is 0 Å². The molecule has 0 saturated heterocycles. The quantitative estimate of drug-likeness (QED) is 0.139. The number of hydrogen-bond acceptors (Lipinski definition) is 4. The molecule has 0 unspecified atom stereocenters. The van der Waals surface area contributed by atoms with Gasteiger partial charge in [0, 0.05) is 10.4 Å². The van der Waals surface area contributed by atoms with E-state index in [0.29, 0.717) is 0 Å². The van der Waals surface area contributed by atoms with Gasteiger partial charge in [0.25, 0.3) is 0 Å². The van der Waals surface area contributed by atoms with Gasteiger partial charge in [-0.25, -0.2) is 0 Å². The van der Waals surface area contributed by atoms with Crippen molar-refractivity contribution < 1.29 is 74.1 Å². The van der Waals surface area contributed by atoms with E-state index < -0.39 is 10.4 Å². The Bertz CT molecular complexity index is 219. The van der Waals surface area contributed by atoms with Crippen molar-refractivity contribution in [2.24, 2.45) is 0 Å². The SMILES string of the molecule is O=S(=O)([O-])[O-].[CH2-]CCCCCCCCCCC.[Li+].[Li+].[Li+]. The molecule has 0 spiro atoms. The second-order valence-electron chi connectivity index (χ2n) is 4.09. The molecule has 4 nitrogen and oxygen atoms in total. The Morgan fingerprint density at radius 2 is 1.00 bits per heavy atom. The summed E-state index contributed by atoms with van der Waals surface area (Å²) in [7, 11) is -5.17. The maximum absolute atomic E-state index is 8.52. The molecule has 0 aliphatic rings. The molecular formula is C12H25Li3O4S. The summed E-state index contributed by atoms with van der Waals surface area (Å²) < 4.78 is 34.1. The molecule has 0 aromatic rings. The summed E-state index contributed by atoms with van der Waals surface area (Å²) in [6.45, 7) is 6.12. The van der Waals surface area contributed by atoms with E-state index in [9.17, 15) is 0 Å². The Morgan fingerprint density at radius 3 is 1.25 bits per heavy atom. The van der Waals surface area contributed by atoms with Crippen molar-refractivity contribution in [1.29, 1.82) is 0 Å². The molecule has 0 radical (unpaired) electrons. The molecule has 20 heavy (non-hydrogen) atoms. The minimum Gasteiger partial charge on any atom is -0.759 e. The van der Waals surface area contributed by atoms with Crippen molar-refractivity contribution in [1.82, 2.24) is 0 Å². The molecule has 0 atom stereocenters. The third kappa shape index (κ3) is 60.2. The predicted octanol–water partition coefficient (Wildman–Crippen LogP) is -5.58. The monoisotopic (exact) mass is 286 g/mol. The van der Waals surface area contributed by atoms with Gasteiger partial charge in [0.05, 0.1) is 0 Å². The van der Waals surface area contributed by atoms with Crippen LogP contribution in [0.15, 0.2) is 0 Å².